The third-order valence-corrected chi connectivity index (χ3v) is 5.31. The summed E-state index contributed by atoms with van der Waals surface area (Å²) in [5.41, 5.74) is 0. The highest BCUT2D eigenvalue weighted by molar-refractivity contribution is 5.04. The molecule has 2 rings (SSSR count). The van der Waals surface area contributed by atoms with E-state index in [1.54, 1.807) is 0 Å². The maximum Gasteiger partial charge on any atom is 0.0997 e. The van der Waals surface area contributed by atoms with Crippen molar-refractivity contribution in [2.45, 2.75) is 65.2 Å². The van der Waals surface area contributed by atoms with Gasteiger partial charge in [0.2, 0.25) is 0 Å². The molecule has 108 valence electrons. The average Bonchev–Trinajstić information content (AvgIpc) is 2.39. The van der Waals surface area contributed by atoms with Gasteiger partial charge in [0.05, 0.1) is 11.5 Å². The van der Waals surface area contributed by atoms with Gasteiger partial charge in [-0.2, -0.15) is 0 Å². The standard InChI is InChI=1S/C18H30O/c1-13-9-5-7-11-17(13)15(3)19-16(4)18-12-8-6-10-14(18)2/h13-14,17-18H,3-12H2,1-2H3. The van der Waals surface area contributed by atoms with Crippen molar-refractivity contribution in [2.75, 3.05) is 0 Å². The van der Waals surface area contributed by atoms with Crippen LogP contribution in [0.25, 0.3) is 0 Å². The number of rotatable bonds is 4. The number of hydrogen-bond acceptors (Lipinski definition) is 1. The normalized spacial score (nSPS) is 35.7. The van der Waals surface area contributed by atoms with Gasteiger partial charge in [0.15, 0.2) is 0 Å². The molecule has 0 bridgehead atoms. The highest BCUT2D eigenvalue weighted by Crippen LogP contribution is 2.39. The fourth-order valence-electron chi connectivity index (χ4n) is 3.91. The van der Waals surface area contributed by atoms with Crippen molar-refractivity contribution in [3.63, 3.8) is 0 Å². The summed E-state index contributed by atoms with van der Waals surface area (Å²) in [4.78, 5) is 0. The van der Waals surface area contributed by atoms with Crippen molar-refractivity contribution in [2.24, 2.45) is 23.7 Å². The van der Waals surface area contributed by atoms with Crippen LogP contribution < -0.4 is 0 Å². The molecule has 0 saturated heterocycles. The van der Waals surface area contributed by atoms with Gasteiger partial charge in [0.25, 0.3) is 0 Å². The molecule has 2 saturated carbocycles. The average molecular weight is 262 g/mol. The topological polar surface area (TPSA) is 9.23 Å². The Hall–Kier alpha value is -0.720. The summed E-state index contributed by atoms with van der Waals surface area (Å²) < 4.78 is 6.08. The van der Waals surface area contributed by atoms with Gasteiger partial charge in [-0.1, -0.05) is 65.5 Å². The lowest BCUT2D eigenvalue weighted by molar-refractivity contribution is 0.138. The van der Waals surface area contributed by atoms with Crippen LogP contribution in [0.1, 0.15) is 65.2 Å². The molecule has 0 heterocycles. The molecule has 0 amide bonds. The Kier molecular flexibility index (Phi) is 5.13. The van der Waals surface area contributed by atoms with Crippen LogP contribution in [-0.2, 0) is 4.74 Å². The summed E-state index contributed by atoms with van der Waals surface area (Å²) in [5.74, 6) is 4.49. The molecule has 0 radical (unpaired) electrons. The lowest BCUT2D eigenvalue weighted by Crippen LogP contribution is -2.23. The van der Waals surface area contributed by atoms with Gasteiger partial charge in [-0.15, -0.1) is 0 Å². The smallest absolute Gasteiger partial charge is 0.0997 e. The van der Waals surface area contributed by atoms with Crippen molar-refractivity contribution in [3.05, 3.63) is 24.7 Å². The second-order valence-electron chi connectivity index (χ2n) is 6.77. The first-order chi connectivity index (χ1) is 9.09. The molecular weight excluding hydrogens is 232 g/mol. The second kappa shape index (κ2) is 6.63. The quantitative estimate of drug-likeness (QED) is 0.592. The van der Waals surface area contributed by atoms with Gasteiger partial charge < -0.3 is 4.74 Å². The molecule has 4 atom stereocenters. The Morgan fingerprint density at radius 2 is 1.11 bits per heavy atom. The molecule has 0 aromatic rings. The summed E-state index contributed by atoms with van der Waals surface area (Å²) in [6, 6.07) is 0. The highest BCUT2D eigenvalue weighted by atomic mass is 16.5. The molecule has 1 nitrogen and oxygen atoms in total. The minimum Gasteiger partial charge on any atom is -0.467 e. The molecule has 0 N–H and O–H groups in total. The summed E-state index contributed by atoms with van der Waals surface area (Å²) in [7, 11) is 0. The van der Waals surface area contributed by atoms with E-state index >= 15 is 0 Å². The first kappa shape index (κ1) is 14.7. The summed E-state index contributed by atoms with van der Waals surface area (Å²) in [6.45, 7) is 13.1. The fraction of sp³-hybridized carbons (Fsp3) is 0.778. The molecular formula is C18H30O. The molecule has 2 fully saturated rings. The first-order valence-corrected chi connectivity index (χ1v) is 8.15. The fourth-order valence-corrected chi connectivity index (χ4v) is 3.91. The Morgan fingerprint density at radius 3 is 1.47 bits per heavy atom. The predicted octanol–water partition coefficient (Wildman–Crippen LogP) is 5.68. The Labute approximate surface area is 119 Å². The van der Waals surface area contributed by atoms with Crippen LogP contribution in [0.2, 0.25) is 0 Å². The third-order valence-electron chi connectivity index (χ3n) is 5.31. The van der Waals surface area contributed by atoms with Gasteiger partial charge in [-0.25, -0.2) is 0 Å². The minimum atomic E-state index is 0.546. The molecule has 0 aromatic carbocycles. The number of ether oxygens (including phenoxy) is 1. The summed E-state index contributed by atoms with van der Waals surface area (Å²) >= 11 is 0. The molecule has 0 aromatic heterocycles. The van der Waals surface area contributed by atoms with Crippen LogP contribution in [0, 0.1) is 23.7 Å². The van der Waals surface area contributed by atoms with E-state index < -0.39 is 0 Å². The second-order valence-corrected chi connectivity index (χ2v) is 6.77. The zero-order valence-corrected chi connectivity index (χ0v) is 12.8. The minimum absolute atomic E-state index is 0.546. The van der Waals surface area contributed by atoms with Crippen LogP contribution in [0.5, 0.6) is 0 Å². The van der Waals surface area contributed by atoms with E-state index in [-0.39, 0.29) is 0 Å². The Morgan fingerprint density at radius 1 is 0.737 bits per heavy atom. The van der Waals surface area contributed by atoms with Crippen molar-refractivity contribution in [1.29, 1.82) is 0 Å². The molecule has 1 heteroatoms. The van der Waals surface area contributed by atoms with Crippen molar-refractivity contribution >= 4 is 0 Å². The van der Waals surface area contributed by atoms with E-state index in [2.05, 4.69) is 27.0 Å². The van der Waals surface area contributed by atoms with Crippen molar-refractivity contribution in [1.82, 2.24) is 0 Å². The third kappa shape index (κ3) is 3.64. The maximum atomic E-state index is 6.08. The van der Waals surface area contributed by atoms with Gasteiger partial charge in [-0.3, -0.25) is 0 Å². The molecule has 0 spiro atoms. The SMILES string of the molecule is C=C(OC(=C)C1CCCCC1C)C1CCCCC1C. The van der Waals surface area contributed by atoms with Crippen molar-refractivity contribution in [3.8, 4) is 0 Å². The van der Waals surface area contributed by atoms with Crippen molar-refractivity contribution < 1.29 is 4.74 Å². The molecule has 0 aliphatic heterocycles. The summed E-state index contributed by atoms with van der Waals surface area (Å²) in [5, 5.41) is 0. The van der Waals surface area contributed by atoms with E-state index in [1.165, 1.54) is 51.4 Å². The summed E-state index contributed by atoms with van der Waals surface area (Å²) in [6.07, 6.45) is 10.5. The highest BCUT2D eigenvalue weighted by Gasteiger charge is 2.29. The van der Waals surface area contributed by atoms with Crippen LogP contribution in [-0.4, -0.2) is 0 Å². The van der Waals surface area contributed by atoms with Gasteiger partial charge in [0, 0.05) is 11.8 Å². The lowest BCUT2D eigenvalue weighted by Gasteiger charge is -2.34. The van der Waals surface area contributed by atoms with E-state index in [4.69, 9.17) is 4.74 Å². The van der Waals surface area contributed by atoms with Crippen LogP contribution >= 0.6 is 0 Å². The largest absolute Gasteiger partial charge is 0.467 e. The Balaban J connectivity index is 1.88. The Bertz CT molecular complexity index is 299. The predicted molar refractivity (Wildman–Crippen MR) is 81.6 cm³/mol. The maximum absolute atomic E-state index is 6.08. The zero-order chi connectivity index (χ0) is 13.8. The van der Waals surface area contributed by atoms with E-state index in [9.17, 15) is 0 Å². The van der Waals surface area contributed by atoms with Gasteiger partial charge in [0.1, 0.15) is 0 Å². The number of allylic oxidation sites excluding steroid dienone is 2. The molecule has 19 heavy (non-hydrogen) atoms. The van der Waals surface area contributed by atoms with E-state index in [0.29, 0.717) is 11.8 Å². The van der Waals surface area contributed by atoms with Crippen LogP contribution in [0.3, 0.4) is 0 Å². The van der Waals surface area contributed by atoms with Gasteiger partial charge in [-0.05, 0) is 24.7 Å². The molecule has 2 aliphatic carbocycles. The lowest BCUT2D eigenvalue weighted by atomic mass is 9.78. The van der Waals surface area contributed by atoms with E-state index in [1.807, 2.05) is 0 Å². The monoisotopic (exact) mass is 262 g/mol. The van der Waals surface area contributed by atoms with Crippen LogP contribution in [0.4, 0.5) is 0 Å². The van der Waals surface area contributed by atoms with Gasteiger partial charge >= 0.3 is 0 Å². The zero-order valence-electron chi connectivity index (χ0n) is 12.8. The molecule has 4 unspecified atom stereocenters. The molecule has 2 aliphatic rings. The number of hydrogen-bond donors (Lipinski definition) is 0. The van der Waals surface area contributed by atoms with E-state index in [0.717, 1.165) is 23.4 Å². The van der Waals surface area contributed by atoms with Crippen LogP contribution in [0.15, 0.2) is 24.7 Å². The first-order valence-electron chi connectivity index (χ1n) is 8.15.